The van der Waals surface area contributed by atoms with E-state index in [4.69, 9.17) is 0 Å². The van der Waals surface area contributed by atoms with Gasteiger partial charge in [0.2, 0.25) is 0 Å². The van der Waals surface area contributed by atoms with Crippen molar-refractivity contribution in [1.82, 2.24) is 20.1 Å². The largest absolute Gasteiger partial charge is 0.337 e. The summed E-state index contributed by atoms with van der Waals surface area (Å²) in [5.74, 6) is -1.32. The van der Waals surface area contributed by atoms with Gasteiger partial charge in [-0.05, 0) is 17.7 Å². The third-order valence-electron chi connectivity index (χ3n) is 3.57. The number of amides is 1. The number of carbonyl (C=O) groups is 2. The molecular formula is C18H16N4O2. The second-order valence-electron chi connectivity index (χ2n) is 5.30. The van der Waals surface area contributed by atoms with Crippen LogP contribution in [-0.2, 0) is 11.8 Å². The average Bonchev–Trinajstić information content (AvgIpc) is 3.06. The topological polar surface area (TPSA) is 76.9 Å². The van der Waals surface area contributed by atoms with Crippen LogP contribution >= 0.6 is 0 Å². The van der Waals surface area contributed by atoms with Crippen LogP contribution in [0.15, 0.2) is 67.1 Å². The normalized spacial score (nSPS) is 11.7. The summed E-state index contributed by atoms with van der Waals surface area (Å²) in [5.41, 5.74) is 1.77. The Hall–Kier alpha value is -3.28. The molecule has 0 radical (unpaired) electrons. The van der Waals surface area contributed by atoms with Crippen molar-refractivity contribution in [2.24, 2.45) is 7.05 Å². The molecule has 0 saturated heterocycles. The lowest BCUT2D eigenvalue weighted by atomic mass is 10.0. The van der Waals surface area contributed by atoms with Crippen LogP contribution in [0.2, 0.25) is 0 Å². The number of carbonyl (C=O) groups excluding carboxylic acids is 2. The van der Waals surface area contributed by atoms with Crippen LogP contribution in [0.3, 0.4) is 0 Å². The van der Waals surface area contributed by atoms with Gasteiger partial charge in [0, 0.05) is 19.4 Å². The molecule has 2 heterocycles. The third kappa shape index (κ3) is 3.38. The highest BCUT2D eigenvalue weighted by atomic mass is 16.2. The van der Waals surface area contributed by atoms with Gasteiger partial charge in [0.1, 0.15) is 0 Å². The van der Waals surface area contributed by atoms with Crippen molar-refractivity contribution in [3.05, 3.63) is 83.9 Å². The molecule has 6 heteroatoms. The van der Waals surface area contributed by atoms with Crippen molar-refractivity contribution < 1.29 is 9.59 Å². The first-order valence-corrected chi connectivity index (χ1v) is 7.45. The van der Waals surface area contributed by atoms with Gasteiger partial charge in [-0.1, -0.05) is 36.4 Å². The van der Waals surface area contributed by atoms with Crippen LogP contribution in [-0.4, -0.2) is 26.5 Å². The number of nitrogens with zero attached hydrogens (tertiary/aromatic N) is 3. The highest BCUT2D eigenvalue weighted by Crippen LogP contribution is 2.20. The van der Waals surface area contributed by atoms with Gasteiger partial charge >= 0.3 is 0 Å². The first-order valence-electron chi connectivity index (χ1n) is 7.45. The van der Waals surface area contributed by atoms with Gasteiger partial charge in [-0.15, -0.1) is 0 Å². The summed E-state index contributed by atoms with van der Waals surface area (Å²) in [4.78, 5) is 29.0. The van der Waals surface area contributed by atoms with Gasteiger partial charge in [-0.25, -0.2) is 0 Å². The molecule has 2 aromatic heterocycles. The van der Waals surface area contributed by atoms with E-state index in [9.17, 15) is 9.59 Å². The number of aryl methyl sites for hydroxylation is 1. The number of Topliss-reactive ketones (excluding diaryl/α,β-unsaturated/α-hetero) is 1. The molecule has 0 aliphatic heterocycles. The first kappa shape index (κ1) is 15.6. The Bertz CT molecular complexity index is 804. The number of hydrogen-bond acceptors (Lipinski definition) is 4. The molecule has 0 fully saturated rings. The number of rotatable bonds is 5. The molecule has 3 aromatic rings. The van der Waals surface area contributed by atoms with Crippen LogP contribution in [0.5, 0.6) is 0 Å². The van der Waals surface area contributed by atoms with E-state index in [0.717, 1.165) is 5.56 Å². The van der Waals surface area contributed by atoms with E-state index >= 15 is 0 Å². The summed E-state index contributed by atoms with van der Waals surface area (Å²) >= 11 is 0. The molecule has 1 atom stereocenters. The van der Waals surface area contributed by atoms with E-state index in [-0.39, 0.29) is 5.56 Å². The number of aromatic nitrogens is 3. The van der Waals surface area contributed by atoms with Gasteiger partial charge < -0.3 is 5.32 Å². The molecule has 0 spiro atoms. The molecule has 6 nitrogen and oxygen atoms in total. The molecule has 0 aliphatic rings. The third-order valence-corrected chi connectivity index (χ3v) is 3.57. The standard InChI is InChI=1S/C18H16N4O2/c1-22-12-14(11-20-22)17(23)18(24)21-16(13-7-3-2-4-8-13)15-9-5-6-10-19-15/h2-12,16H,1H3,(H,21,24)/t16-/m0/s1. The molecule has 1 aromatic carbocycles. The summed E-state index contributed by atoms with van der Waals surface area (Å²) in [5, 5.41) is 6.69. The number of ketones is 1. The minimum atomic E-state index is -0.692. The van der Waals surface area contributed by atoms with Crippen molar-refractivity contribution in [1.29, 1.82) is 0 Å². The van der Waals surface area contributed by atoms with Crippen LogP contribution in [0, 0.1) is 0 Å². The van der Waals surface area contributed by atoms with Gasteiger partial charge in [0.05, 0.1) is 23.5 Å². The molecule has 0 saturated carbocycles. The second kappa shape index (κ2) is 6.87. The fraction of sp³-hybridized carbons (Fsp3) is 0.111. The van der Waals surface area contributed by atoms with Gasteiger partial charge in [0.15, 0.2) is 0 Å². The van der Waals surface area contributed by atoms with Crippen molar-refractivity contribution in [3.8, 4) is 0 Å². The van der Waals surface area contributed by atoms with Gasteiger partial charge in [-0.3, -0.25) is 19.3 Å². The zero-order chi connectivity index (χ0) is 16.9. The summed E-state index contributed by atoms with van der Waals surface area (Å²) in [6.07, 6.45) is 4.54. The van der Waals surface area contributed by atoms with Gasteiger partial charge in [0.25, 0.3) is 11.7 Å². The Kier molecular flexibility index (Phi) is 4.47. The Morgan fingerprint density at radius 2 is 1.83 bits per heavy atom. The summed E-state index contributed by atoms with van der Waals surface area (Å²) in [6, 6.07) is 14.4. The van der Waals surface area contributed by atoms with Crippen LogP contribution < -0.4 is 5.32 Å². The Morgan fingerprint density at radius 3 is 2.46 bits per heavy atom. The molecule has 1 amide bonds. The smallest absolute Gasteiger partial charge is 0.293 e. The predicted molar refractivity (Wildman–Crippen MR) is 88.2 cm³/mol. The lowest BCUT2D eigenvalue weighted by Gasteiger charge is -2.18. The average molecular weight is 320 g/mol. The van der Waals surface area contributed by atoms with E-state index in [1.807, 2.05) is 42.5 Å². The second-order valence-corrected chi connectivity index (χ2v) is 5.30. The van der Waals surface area contributed by atoms with E-state index in [2.05, 4.69) is 15.4 Å². The van der Waals surface area contributed by atoms with E-state index in [1.165, 1.54) is 17.1 Å². The highest BCUT2D eigenvalue weighted by molar-refractivity contribution is 6.42. The zero-order valence-corrected chi connectivity index (χ0v) is 13.1. The minimum Gasteiger partial charge on any atom is -0.337 e. The molecule has 0 aliphatic carbocycles. The fourth-order valence-corrected chi connectivity index (χ4v) is 2.39. The first-order chi connectivity index (χ1) is 11.6. The number of pyridine rings is 1. The highest BCUT2D eigenvalue weighted by Gasteiger charge is 2.23. The van der Waals surface area contributed by atoms with Crippen LogP contribution in [0.4, 0.5) is 0 Å². The zero-order valence-electron chi connectivity index (χ0n) is 13.1. The predicted octanol–water partition coefficient (Wildman–Crippen LogP) is 1.90. The Morgan fingerprint density at radius 1 is 1.08 bits per heavy atom. The van der Waals surface area contributed by atoms with E-state index < -0.39 is 17.7 Å². The summed E-state index contributed by atoms with van der Waals surface area (Å²) < 4.78 is 1.48. The van der Waals surface area contributed by atoms with E-state index in [0.29, 0.717) is 5.69 Å². The van der Waals surface area contributed by atoms with Crippen molar-refractivity contribution >= 4 is 11.7 Å². The van der Waals surface area contributed by atoms with Crippen molar-refractivity contribution in [2.45, 2.75) is 6.04 Å². The summed E-state index contributed by atoms with van der Waals surface area (Å²) in [7, 11) is 1.69. The van der Waals surface area contributed by atoms with E-state index in [1.54, 1.807) is 19.3 Å². The maximum absolute atomic E-state index is 12.4. The molecule has 1 N–H and O–H groups in total. The number of nitrogens with one attached hydrogen (secondary N) is 1. The number of benzene rings is 1. The molecule has 0 unspecified atom stereocenters. The van der Waals surface area contributed by atoms with Crippen molar-refractivity contribution in [3.63, 3.8) is 0 Å². The molecular weight excluding hydrogens is 304 g/mol. The number of hydrogen-bond donors (Lipinski definition) is 1. The SMILES string of the molecule is Cn1cc(C(=O)C(=O)N[C@@H](c2ccccc2)c2ccccn2)cn1. The lowest BCUT2D eigenvalue weighted by molar-refractivity contribution is -0.117. The summed E-state index contributed by atoms with van der Waals surface area (Å²) in [6.45, 7) is 0. The lowest BCUT2D eigenvalue weighted by Crippen LogP contribution is -2.35. The van der Waals surface area contributed by atoms with Crippen LogP contribution in [0.25, 0.3) is 0 Å². The maximum atomic E-state index is 12.4. The minimum absolute atomic E-state index is 0.253. The maximum Gasteiger partial charge on any atom is 0.293 e. The Labute approximate surface area is 139 Å². The van der Waals surface area contributed by atoms with Gasteiger partial charge in [-0.2, -0.15) is 5.10 Å². The molecule has 0 bridgehead atoms. The quantitative estimate of drug-likeness (QED) is 0.575. The van der Waals surface area contributed by atoms with Crippen molar-refractivity contribution in [2.75, 3.05) is 0 Å². The Balaban J connectivity index is 1.87. The van der Waals surface area contributed by atoms with Crippen LogP contribution in [0.1, 0.15) is 27.7 Å². The molecule has 120 valence electrons. The monoisotopic (exact) mass is 320 g/mol. The fourth-order valence-electron chi connectivity index (χ4n) is 2.39. The molecule has 24 heavy (non-hydrogen) atoms. The molecule has 3 rings (SSSR count).